The van der Waals surface area contributed by atoms with Gasteiger partial charge in [0.25, 0.3) is 5.91 Å². The fourth-order valence-electron chi connectivity index (χ4n) is 3.08. The zero-order valence-electron chi connectivity index (χ0n) is 12.1. The van der Waals surface area contributed by atoms with Crippen molar-refractivity contribution in [3.05, 3.63) is 65.2 Å². The minimum atomic E-state index is -0.0784. The summed E-state index contributed by atoms with van der Waals surface area (Å²) in [5.41, 5.74) is 2.86. The highest BCUT2D eigenvalue weighted by atomic mass is 16.3. The van der Waals surface area contributed by atoms with Gasteiger partial charge in [0, 0.05) is 35.9 Å². The molecule has 0 saturated carbocycles. The van der Waals surface area contributed by atoms with Crippen LogP contribution in [0.1, 0.15) is 38.6 Å². The summed E-state index contributed by atoms with van der Waals surface area (Å²) in [5, 5.41) is 9.27. The molecule has 112 valence electrons. The molecule has 0 radical (unpaired) electrons. The van der Waals surface area contributed by atoms with Crippen LogP contribution in [0.3, 0.4) is 0 Å². The van der Waals surface area contributed by atoms with Crippen LogP contribution < -0.4 is 4.90 Å². The van der Waals surface area contributed by atoms with E-state index in [9.17, 15) is 14.7 Å². The van der Waals surface area contributed by atoms with Crippen molar-refractivity contribution in [2.45, 2.75) is 12.3 Å². The largest absolute Gasteiger partial charge is 0.396 e. The van der Waals surface area contributed by atoms with Crippen molar-refractivity contribution in [1.82, 2.24) is 0 Å². The number of aldehydes is 1. The Kier molecular flexibility index (Phi) is 4.02. The van der Waals surface area contributed by atoms with Gasteiger partial charge in [0.15, 0.2) is 0 Å². The summed E-state index contributed by atoms with van der Waals surface area (Å²) in [7, 11) is 0. The first-order chi connectivity index (χ1) is 10.8. The van der Waals surface area contributed by atoms with Gasteiger partial charge in [0.1, 0.15) is 6.29 Å². The molecule has 1 amide bonds. The fourth-order valence-corrected chi connectivity index (χ4v) is 3.08. The lowest BCUT2D eigenvalue weighted by molar-refractivity contribution is 0.0987. The molecule has 0 saturated heterocycles. The summed E-state index contributed by atoms with van der Waals surface area (Å²) >= 11 is 0. The van der Waals surface area contributed by atoms with E-state index in [2.05, 4.69) is 0 Å². The molecule has 22 heavy (non-hydrogen) atoms. The van der Waals surface area contributed by atoms with Gasteiger partial charge in [-0.1, -0.05) is 30.3 Å². The van der Waals surface area contributed by atoms with Gasteiger partial charge in [-0.15, -0.1) is 0 Å². The molecule has 3 rings (SSSR count). The number of anilines is 1. The predicted molar refractivity (Wildman–Crippen MR) is 84.4 cm³/mol. The molecule has 1 unspecified atom stereocenters. The van der Waals surface area contributed by atoms with Crippen molar-refractivity contribution in [3.63, 3.8) is 0 Å². The molecule has 0 aliphatic carbocycles. The molecule has 1 aliphatic rings. The van der Waals surface area contributed by atoms with Crippen LogP contribution in [0.4, 0.5) is 5.69 Å². The lowest BCUT2D eigenvalue weighted by Crippen LogP contribution is -2.29. The molecule has 0 bridgehead atoms. The highest BCUT2D eigenvalue weighted by Gasteiger charge is 2.34. The van der Waals surface area contributed by atoms with Crippen LogP contribution in [-0.2, 0) is 0 Å². The number of hydrogen-bond acceptors (Lipinski definition) is 3. The molecule has 2 aromatic rings. The van der Waals surface area contributed by atoms with Gasteiger partial charge < -0.3 is 10.0 Å². The molecule has 1 aliphatic heterocycles. The third-order valence-electron chi connectivity index (χ3n) is 4.09. The number of carbonyl (C=O) groups excluding carboxylic acids is 2. The molecular formula is C18H17NO3. The third kappa shape index (κ3) is 2.42. The Morgan fingerprint density at radius 2 is 1.95 bits per heavy atom. The van der Waals surface area contributed by atoms with Crippen LogP contribution in [0.2, 0.25) is 0 Å². The van der Waals surface area contributed by atoms with E-state index >= 15 is 0 Å². The molecule has 0 aromatic heterocycles. The molecule has 2 aromatic carbocycles. The first-order valence-electron chi connectivity index (χ1n) is 7.32. The molecule has 0 fully saturated rings. The second-order valence-electron chi connectivity index (χ2n) is 5.39. The number of fused-ring (bicyclic) bond motifs is 1. The smallest absolute Gasteiger partial charge is 0.258 e. The van der Waals surface area contributed by atoms with Crippen molar-refractivity contribution < 1.29 is 14.7 Å². The van der Waals surface area contributed by atoms with Crippen LogP contribution in [0.5, 0.6) is 0 Å². The summed E-state index contributed by atoms with van der Waals surface area (Å²) in [6, 6.07) is 14.5. The van der Waals surface area contributed by atoms with Gasteiger partial charge in [0.05, 0.1) is 0 Å². The summed E-state index contributed by atoms with van der Waals surface area (Å²) in [5.74, 6) is -0.0839. The van der Waals surface area contributed by atoms with E-state index in [4.69, 9.17) is 0 Å². The van der Waals surface area contributed by atoms with E-state index in [-0.39, 0.29) is 18.4 Å². The van der Waals surface area contributed by atoms with Gasteiger partial charge in [0.2, 0.25) is 0 Å². The maximum atomic E-state index is 12.7. The number of hydrogen-bond donors (Lipinski definition) is 1. The molecule has 4 nitrogen and oxygen atoms in total. The number of rotatable bonds is 4. The van der Waals surface area contributed by atoms with Gasteiger partial charge in [-0.25, -0.2) is 0 Å². The number of amides is 1. The van der Waals surface area contributed by atoms with E-state index in [1.54, 1.807) is 29.2 Å². The van der Waals surface area contributed by atoms with Crippen molar-refractivity contribution in [2.24, 2.45) is 0 Å². The number of benzene rings is 2. The molecule has 1 atom stereocenters. The average Bonchev–Trinajstić information content (AvgIpc) is 2.94. The van der Waals surface area contributed by atoms with Crippen LogP contribution in [-0.4, -0.2) is 30.5 Å². The van der Waals surface area contributed by atoms with Crippen LogP contribution in [0, 0.1) is 0 Å². The number of aliphatic hydroxyl groups excluding tert-OH is 1. The Morgan fingerprint density at radius 3 is 2.64 bits per heavy atom. The van der Waals surface area contributed by atoms with E-state index < -0.39 is 0 Å². The Bertz CT molecular complexity index is 697. The van der Waals surface area contributed by atoms with Crippen molar-refractivity contribution in [3.8, 4) is 0 Å². The Morgan fingerprint density at radius 1 is 1.18 bits per heavy atom. The molecular weight excluding hydrogens is 278 g/mol. The zero-order valence-corrected chi connectivity index (χ0v) is 12.1. The van der Waals surface area contributed by atoms with Gasteiger partial charge in [-0.3, -0.25) is 9.59 Å². The van der Waals surface area contributed by atoms with Crippen LogP contribution >= 0.6 is 0 Å². The minimum absolute atomic E-state index is 0.00550. The van der Waals surface area contributed by atoms with E-state index in [0.29, 0.717) is 24.1 Å². The van der Waals surface area contributed by atoms with E-state index in [1.807, 2.05) is 24.3 Å². The highest BCUT2D eigenvalue weighted by molar-refractivity contribution is 6.08. The van der Waals surface area contributed by atoms with Crippen molar-refractivity contribution >= 4 is 17.9 Å². The highest BCUT2D eigenvalue weighted by Crippen LogP contribution is 2.40. The SMILES string of the molecule is O=Cc1cccc2c1C(CCO)CN2C(=O)c1ccccc1. The van der Waals surface area contributed by atoms with Gasteiger partial charge >= 0.3 is 0 Å². The lowest BCUT2D eigenvalue weighted by atomic mass is 9.94. The number of aliphatic hydroxyl groups is 1. The lowest BCUT2D eigenvalue weighted by Gasteiger charge is -2.18. The maximum absolute atomic E-state index is 12.7. The molecule has 1 heterocycles. The molecule has 4 heteroatoms. The number of nitrogens with zero attached hydrogens (tertiary/aromatic N) is 1. The number of carbonyl (C=O) groups is 2. The Labute approximate surface area is 129 Å². The van der Waals surface area contributed by atoms with Gasteiger partial charge in [-0.05, 0) is 30.2 Å². The van der Waals surface area contributed by atoms with E-state index in [0.717, 1.165) is 17.5 Å². The molecule has 0 spiro atoms. The predicted octanol–water partition coefficient (Wildman–Crippen LogP) is 2.63. The average molecular weight is 295 g/mol. The summed E-state index contributed by atoms with van der Waals surface area (Å²) < 4.78 is 0. The first-order valence-corrected chi connectivity index (χ1v) is 7.32. The summed E-state index contributed by atoms with van der Waals surface area (Å²) in [6.07, 6.45) is 1.36. The second kappa shape index (κ2) is 6.12. The summed E-state index contributed by atoms with van der Waals surface area (Å²) in [6.45, 7) is 0.527. The van der Waals surface area contributed by atoms with Crippen molar-refractivity contribution in [2.75, 3.05) is 18.1 Å². The second-order valence-corrected chi connectivity index (χ2v) is 5.39. The molecule has 1 N–H and O–H groups in total. The standard InChI is InChI=1S/C18H17NO3/c20-10-9-14-11-19(18(22)13-5-2-1-3-6-13)16-8-4-7-15(12-21)17(14)16/h1-8,12,14,20H,9-11H2. The maximum Gasteiger partial charge on any atom is 0.258 e. The van der Waals surface area contributed by atoms with Crippen LogP contribution in [0.25, 0.3) is 0 Å². The summed E-state index contributed by atoms with van der Waals surface area (Å²) in [4.78, 5) is 25.7. The quantitative estimate of drug-likeness (QED) is 0.882. The normalized spacial score (nSPS) is 16.4. The Hall–Kier alpha value is -2.46. The van der Waals surface area contributed by atoms with Crippen LogP contribution in [0.15, 0.2) is 48.5 Å². The van der Waals surface area contributed by atoms with E-state index in [1.165, 1.54) is 0 Å². The first kappa shape index (κ1) is 14.5. The fraction of sp³-hybridized carbons (Fsp3) is 0.222. The van der Waals surface area contributed by atoms with Gasteiger partial charge in [-0.2, -0.15) is 0 Å². The third-order valence-corrected chi connectivity index (χ3v) is 4.09. The Balaban J connectivity index is 2.03. The minimum Gasteiger partial charge on any atom is -0.396 e. The monoisotopic (exact) mass is 295 g/mol. The topological polar surface area (TPSA) is 57.6 Å². The van der Waals surface area contributed by atoms with Crippen molar-refractivity contribution in [1.29, 1.82) is 0 Å². The zero-order chi connectivity index (χ0) is 15.5.